The first kappa shape index (κ1) is 32.7. The molecule has 0 spiro atoms. The van der Waals surface area contributed by atoms with E-state index in [0.717, 1.165) is 5.56 Å². The molecule has 0 radical (unpaired) electrons. The molecule has 2 aromatic carbocycles. The zero-order valence-electron chi connectivity index (χ0n) is 24.5. The number of nitrogens with zero attached hydrogens (tertiary/aromatic N) is 3. The molecule has 43 heavy (non-hydrogen) atoms. The molecule has 0 amide bonds. The number of aliphatic hydroxyl groups excluding tert-OH is 2. The van der Waals surface area contributed by atoms with Gasteiger partial charge in [0.15, 0.2) is 11.6 Å². The van der Waals surface area contributed by atoms with Crippen molar-refractivity contribution in [3.63, 3.8) is 0 Å². The van der Waals surface area contributed by atoms with Crippen LogP contribution in [0.3, 0.4) is 0 Å². The second-order valence-electron chi connectivity index (χ2n) is 10.9. The lowest BCUT2D eigenvalue weighted by Crippen LogP contribution is -2.37. The average Bonchev–Trinajstić information content (AvgIpc) is 2.99. The number of benzene rings is 2. The van der Waals surface area contributed by atoms with Crippen molar-refractivity contribution in [3.05, 3.63) is 58.7 Å². The van der Waals surface area contributed by atoms with Gasteiger partial charge in [-0.25, -0.2) is 13.4 Å². The van der Waals surface area contributed by atoms with Gasteiger partial charge in [0.25, 0.3) is 10.0 Å². The summed E-state index contributed by atoms with van der Waals surface area (Å²) in [6.07, 6.45) is -1.12. The number of methoxy groups -OCH3 is 1. The summed E-state index contributed by atoms with van der Waals surface area (Å²) in [5, 5.41) is 19.3. The predicted molar refractivity (Wildman–Crippen MR) is 162 cm³/mol. The van der Waals surface area contributed by atoms with Gasteiger partial charge >= 0.3 is 0 Å². The lowest BCUT2D eigenvalue weighted by atomic mass is 9.87. The number of aliphatic hydroxyl groups is 2. The number of rotatable bonds is 12. The van der Waals surface area contributed by atoms with Crippen molar-refractivity contribution in [3.8, 4) is 17.2 Å². The number of halogens is 1. The van der Waals surface area contributed by atoms with E-state index in [-0.39, 0.29) is 57.5 Å². The van der Waals surface area contributed by atoms with E-state index >= 15 is 0 Å². The molecule has 1 saturated heterocycles. The van der Waals surface area contributed by atoms with E-state index in [9.17, 15) is 18.6 Å². The van der Waals surface area contributed by atoms with Gasteiger partial charge in [-0.2, -0.15) is 4.98 Å². The molecule has 14 heteroatoms. The van der Waals surface area contributed by atoms with E-state index in [2.05, 4.69) is 14.7 Å². The van der Waals surface area contributed by atoms with E-state index in [1.54, 1.807) is 30.3 Å². The average molecular weight is 637 g/mol. The van der Waals surface area contributed by atoms with Crippen molar-refractivity contribution in [1.29, 1.82) is 0 Å². The van der Waals surface area contributed by atoms with Crippen molar-refractivity contribution in [2.75, 3.05) is 56.2 Å². The molecule has 1 aromatic heterocycles. The van der Waals surface area contributed by atoms with Gasteiger partial charge in [-0.05, 0) is 35.2 Å². The molecule has 1 aliphatic rings. The van der Waals surface area contributed by atoms with E-state index in [1.807, 2.05) is 25.7 Å². The van der Waals surface area contributed by atoms with Crippen LogP contribution in [0.15, 0.2) is 47.4 Å². The maximum Gasteiger partial charge on any atom is 0.263 e. The molecule has 1 aliphatic heterocycles. The maximum absolute atomic E-state index is 13.7. The first-order valence-corrected chi connectivity index (χ1v) is 15.5. The van der Waals surface area contributed by atoms with Gasteiger partial charge in [-0.15, -0.1) is 0 Å². The van der Waals surface area contributed by atoms with Crippen LogP contribution in [0.25, 0.3) is 0 Å². The second kappa shape index (κ2) is 14.1. The summed E-state index contributed by atoms with van der Waals surface area (Å²) in [4.78, 5) is 11.1. The third kappa shape index (κ3) is 8.46. The molecule has 12 nitrogen and oxygen atoms in total. The summed E-state index contributed by atoms with van der Waals surface area (Å²) < 4.78 is 52.5. The molecule has 0 unspecified atom stereocenters. The zero-order valence-corrected chi connectivity index (χ0v) is 26.1. The van der Waals surface area contributed by atoms with Crippen LogP contribution in [-0.4, -0.2) is 81.3 Å². The Bertz CT molecular complexity index is 1490. The number of sulfonamides is 1. The third-order valence-electron chi connectivity index (χ3n) is 6.59. The van der Waals surface area contributed by atoms with Crippen LogP contribution < -0.4 is 19.1 Å². The van der Waals surface area contributed by atoms with Crippen LogP contribution >= 0.6 is 11.6 Å². The number of hydrogen-bond donors (Lipinski definition) is 3. The largest absolute Gasteiger partial charge is 0.497 e. The first-order valence-electron chi connectivity index (χ1n) is 13.7. The Kier molecular flexibility index (Phi) is 10.7. The van der Waals surface area contributed by atoms with E-state index in [1.165, 1.54) is 19.2 Å². The summed E-state index contributed by atoms with van der Waals surface area (Å²) >= 11 is 6.43. The van der Waals surface area contributed by atoms with E-state index < -0.39 is 22.7 Å². The van der Waals surface area contributed by atoms with Gasteiger partial charge < -0.3 is 34.1 Å². The standard InChI is InChI=1S/C29H37ClN4O8S/c1-29(2,3)19-5-8-22(9-6-19)43(37,38)33-27-26(42-25-15-21(39-4)7-10-23(25)30)24(18-41-17-20(36)16-35)31-28(32-27)34-11-13-40-14-12-34/h5-10,15,20,35-36H,11-14,16-18H2,1-4H3,(H,31,32,33)/t20-/m0/s1. The van der Waals surface area contributed by atoms with Crippen molar-refractivity contribution >= 4 is 33.4 Å². The van der Waals surface area contributed by atoms with Crippen LogP contribution in [0.2, 0.25) is 5.02 Å². The van der Waals surface area contributed by atoms with Gasteiger partial charge in [-0.3, -0.25) is 4.72 Å². The minimum atomic E-state index is -4.15. The van der Waals surface area contributed by atoms with E-state index in [0.29, 0.717) is 32.1 Å². The third-order valence-corrected chi connectivity index (χ3v) is 8.26. The van der Waals surface area contributed by atoms with Gasteiger partial charge in [0.1, 0.15) is 23.3 Å². The Labute approximate surface area is 256 Å². The topological polar surface area (TPSA) is 153 Å². The van der Waals surface area contributed by atoms with Crippen LogP contribution in [0.1, 0.15) is 32.0 Å². The fraction of sp³-hybridized carbons (Fsp3) is 0.448. The quantitative estimate of drug-likeness (QED) is 0.267. The lowest BCUT2D eigenvalue weighted by Gasteiger charge is -2.28. The van der Waals surface area contributed by atoms with Crippen molar-refractivity contribution in [2.24, 2.45) is 0 Å². The summed E-state index contributed by atoms with van der Waals surface area (Å²) in [5.41, 5.74) is 0.996. The molecule has 0 bridgehead atoms. The number of ether oxygens (including phenoxy) is 4. The Balaban J connectivity index is 1.81. The summed E-state index contributed by atoms with van der Waals surface area (Å²) in [5.74, 6) is 0.650. The number of hydrogen-bond acceptors (Lipinski definition) is 11. The van der Waals surface area contributed by atoms with Crippen LogP contribution in [0.4, 0.5) is 11.8 Å². The molecular weight excluding hydrogens is 600 g/mol. The number of morpholine rings is 1. The summed E-state index contributed by atoms with van der Waals surface area (Å²) in [6.45, 7) is 7.06. The normalized spacial score (nSPS) is 14.8. The second-order valence-corrected chi connectivity index (χ2v) is 13.0. The van der Waals surface area contributed by atoms with Crippen molar-refractivity contribution in [2.45, 2.75) is 43.8 Å². The zero-order chi connectivity index (χ0) is 31.2. The smallest absolute Gasteiger partial charge is 0.263 e. The minimum Gasteiger partial charge on any atom is -0.497 e. The molecular formula is C29H37ClN4O8S. The SMILES string of the molecule is COc1ccc(Cl)c(Oc2c(COC[C@@H](O)CO)nc(N3CCOCC3)nc2NS(=O)(=O)c2ccc(C(C)(C)C)cc2)c1. The van der Waals surface area contributed by atoms with E-state index in [4.69, 9.17) is 30.5 Å². The fourth-order valence-corrected chi connectivity index (χ4v) is 5.29. The molecule has 0 saturated carbocycles. The van der Waals surface area contributed by atoms with Crippen LogP contribution in [0, 0.1) is 0 Å². The molecule has 234 valence electrons. The molecule has 4 rings (SSSR count). The molecule has 3 aromatic rings. The number of anilines is 2. The fourth-order valence-electron chi connectivity index (χ4n) is 4.13. The van der Waals surface area contributed by atoms with Crippen LogP contribution in [0.5, 0.6) is 17.2 Å². The predicted octanol–water partition coefficient (Wildman–Crippen LogP) is 3.74. The Morgan fingerprint density at radius 1 is 1.12 bits per heavy atom. The lowest BCUT2D eigenvalue weighted by molar-refractivity contribution is -0.00121. The minimum absolute atomic E-state index is 0.0289. The van der Waals surface area contributed by atoms with Gasteiger partial charge in [0, 0.05) is 19.2 Å². The highest BCUT2D eigenvalue weighted by Crippen LogP contribution is 2.39. The Morgan fingerprint density at radius 2 is 1.81 bits per heavy atom. The summed E-state index contributed by atoms with van der Waals surface area (Å²) in [7, 11) is -2.66. The highest BCUT2D eigenvalue weighted by atomic mass is 35.5. The van der Waals surface area contributed by atoms with Crippen LogP contribution in [-0.2, 0) is 31.5 Å². The maximum atomic E-state index is 13.7. The monoisotopic (exact) mass is 636 g/mol. The van der Waals surface area contributed by atoms with Gasteiger partial charge in [-0.1, -0.05) is 44.5 Å². The highest BCUT2D eigenvalue weighted by molar-refractivity contribution is 7.92. The van der Waals surface area contributed by atoms with Gasteiger partial charge in [0.05, 0.1) is 50.1 Å². The molecule has 0 aliphatic carbocycles. The van der Waals surface area contributed by atoms with Crippen molar-refractivity contribution in [1.82, 2.24) is 9.97 Å². The molecule has 1 atom stereocenters. The first-order chi connectivity index (χ1) is 20.4. The molecule has 2 heterocycles. The van der Waals surface area contributed by atoms with Crippen molar-refractivity contribution < 1.29 is 37.6 Å². The molecule has 1 fully saturated rings. The Morgan fingerprint density at radius 3 is 2.44 bits per heavy atom. The molecule has 3 N–H and O–H groups in total. The highest BCUT2D eigenvalue weighted by Gasteiger charge is 2.27. The summed E-state index contributed by atoms with van der Waals surface area (Å²) in [6, 6.07) is 11.4. The number of nitrogens with one attached hydrogen (secondary N) is 1. The Hall–Kier alpha value is -3.20. The number of aromatic nitrogens is 2. The van der Waals surface area contributed by atoms with Gasteiger partial charge in [0.2, 0.25) is 5.95 Å².